The van der Waals surface area contributed by atoms with Crippen molar-refractivity contribution in [3.63, 3.8) is 0 Å². The van der Waals surface area contributed by atoms with Crippen LogP contribution in [0.2, 0.25) is 0 Å². The number of nitrogens with zero attached hydrogens (tertiary/aromatic N) is 3. The summed E-state index contributed by atoms with van der Waals surface area (Å²) in [6.45, 7) is 2.53. The molecular weight excluding hydrogens is 262 g/mol. The van der Waals surface area contributed by atoms with Crippen molar-refractivity contribution < 1.29 is 9.53 Å². The van der Waals surface area contributed by atoms with Crippen molar-refractivity contribution in [2.45, 2.75) is 6.92 Å². The molecule has 0 unspecified atom stereocenters. The Morgan fingerprint density at radius 1 is 1.26 bits per heavy atom. The number of benzene rings is 1. The molecule has 0 bridgehead atoms. The van der Waals surface area contributed by atoms with Gasteiger partial charge in [-0.3, -0.25) is 4.57 Å². The van der Waals surface area contributed by atoms with Crippen LogP contribution in [0.25, 0.3) is 5.69 Å². The SMILES string of the molecule is CCSCCOC(=O)c1ccc(-n2cnnc2)cc1. The van der Waals surface area contributed by atoms with Crippen LogP contribution in [0.5, 0.6) is 0 Å². The molecule has 19 heavy (non-hydrogen) atoms. The summed E-state index contributed by atoms with van der Waals surface area (Å²) in [5.41, 5.74) is 1.46. The van der Waals surface area contributed by atoms with Gasteiger partial charge in [-0.2, -0.15) is 11.8 Å². The van der Waals surface area contributed by atoms with E-state index in [1.54, 1.807) is 41.1 Å². The van der Waals surface area contributed by atoms with E-state index in [1.807, 2.05) is 12.1 Å². The summed E-state index contributed by atoms with van der Waals surface area (Å²) in [5.74, 6) is 1.58. The second-order valence-corrected chi connectivity index (χ2v) is 5.14. The molecule has 0 saturated heterocycles. The van der Waals surface area contributed by atoms with E-state index in [9.17, 15) is 4.79 Å². The zero-order valence-electron chi connectivity index (χ0n) is 10.7. The molecule has 1 heterocycles. The number of ether oxygens (including phenoxy) is 1. The van der Waals surface area contributed by atoms with E-state index in [0.717, 1.165) is 17.2 Å². The van der Waals surface area contributed by atoms with Crippen molar-refractivity contribution in [2.75, 3.05) is 18.1 Å². The fraction of sp³-hybridized carbons (Fsp3) is 0.308. The third-order valence-electron chi connectivity index (χ3n) is 2.48. The van der Waals surface area contributed by atoms with Crippen molar-refractivity contribution in [3.05, 3.63) is 42.5 Å². The van der Waals surface area contributed by atoms with Gasteiger partial charge in [-0.05, 0) is 30.0 Å². The molecule has 2 aromatic rings. The summed E-state index contributed by atoms with van der Waals surface area (Å²) in [6.07, 6.45) is 3.21. The van der Waals surface area contributed by atoms with Crippen LogP contribution in [-0.2, 0) is 4.74 Å². The van der Waals surface area contributed by atoms with Gasteiger partial charge in [-0.15, -0.1) is 10.2 Å². The first kappa shape index (κ1) is 13.6. The third kappa shape index (κ3) is 3.82. The Balaban J connectivity index is 1.93. The van der Waals surface area contributed by atoms with E-state index in [1.165, 1.54) is 0 Å². The van der Waals surface area contributed by atoms with Crippen LogP contribution in [0.15, 0.2) is 36.9 Å². The second kappa shape index (κ2) is 6.94. The van der Waals surface area contributed by atoms with Crippen molar-refractivity contribution >= 4 is 17.7 Å². The molecule has 2 rings (SSSR count). The number of carbonyl (C=O) groups is 1. The minimum Gasteiger partial charge on any atom is -0.461 e. The average Bonchev–Trinajstić information content (AvgIpc) is 2.98. The summed E-state index contributed by atoms with van der Waals surface area (Å²) in [7, 11) is 0. The van der Waals surface area contributed by atoms with Crippen LogP contribution in [0, 0.1) is 0 Å². The molecule has 0 aliphatic rings. The maximum atomic E-state index is 11.7. The van der Waals surface area contributed by atoms with Crippen LogP contribution in [0.1, 0.15) is 17.3 Å². The number of hydrogen-bond donors (Lipinski definition) is 0. The highest BCUT2D eigenvalue weighted by atomic mass is 32.2. The molecule has 0 spiro atoms. The van der Waals surface area contributed by atoms with E-state index in [-0.39, 0.29) is 5.97 Å². The summed E-state index contributed by atoms with van der Waals surface area (Å²) in [4.78, 5) is 11.7. The molecule has 5 nitrogen and oxygen atoms in total. The first-order chi connectivity index (χ1) is 9.31. The van der Waals surface area contributed by atoms with Crippen LogP contribution in [-0.4, -0.2) is 38.8 Å². The quantitative estimate of drug-likeness (QED) is 0.598. The van der Waals surface area contributed by atoms with E-state index >= 15 is 0 Å². The van der Waals surface area contributed by atoms with Gasteiger partial charge in [0.1, 0.15) is 19.3 Å². The molecule has 0 saturated carbocycles. The first-order valence-electron chi connectivity index (χ1n) is 6.01. The lowest BCUT2D eigenvalue weighted by molar-refractivity contribution is 0.0530. The van der Waals surface area contributed by atoms with Gasteiger partial charge in [-0.1, -0.05) is 6.92 Å². The molecule has 6 heteroatoms. The number of rotatable bonds is 6. The van der Waals surface area contributed by atoms with E-state index in [0.29, 0.717) is 12.2 Å². The molecule has 0 radical (unpaired) electrons. The summed E-state index contributed by atoms with van der Waals surface area (Å²) in [6, 6.07) is 7.15. The van der Waals surface area contributed by atoms with Gasteiger partial charge < -0.3 is 4.74 Å². The lowest BCUT2D eigenvalue weighted by atomic mass is 10.2. The number of hydrogen-bond acceptors (Lipinski definition) is 5. The number of esters is 1. The van der Waals surface area contributed by atoms with Crippen molar-refractivity contribution in [1.82, 2.24) is 14.8 Å². The topological polar surface area (TPSA) is 57.0 Å². The fourth-order valence-corrected chi connectivity index (χ4v) is 2.01. The largest absolute Gasteiger partial charge is 0.461 e. The average molecular weight is 277 g/mol. The van der Waals surface area contributed by atoms with Crippen LogP contribution >= 0.6 is 11.8 Å². The Morgan fingerprint density at radius 3 is 2.58 bits per heavy atom. The van der Waals surface area contributed by atoms with Gasteiger partial charge >= 0.3 is 5.97 Å². The maximum absolute atomic E-state index is 11.7. The Labute approximate surface area is 116 Å². The molecule has 0 amide bonds. The Kier molecular flexibility index (Phi) is 4.97. The van der Waals surface area contributed by atoms with Crippen LogP contribution < -0.4 is 0 Å². The van der Waals surface area contributed by atoms with E-state index in [4.69, 9.17) is 4.74 Å². The molecular formula is C13H15N3O2S. The predicted molar refractivity (Wildman–Crippen MR) is 74.6 cm³/mol. The maximum Gasteiger partial charge on any atom is 0.338 e. The molecule has 0 fully saturated rings. The highest BCUT2D eigenvalue weighted by molar-refractivity contribution is 7.99. The second-order valence-electron chi connectivity index (χ2n) is 3.75. The van der Waals surface area contributed by atoms with Gasteiger partial charge in [0.15, 0.2) is 0 Å². The lowest BCUT2D eigenvalue weighted by Crippen LogP contribution is -2.08. The number of carbonyl (C=O) groups excluding carboxylic acids is 1. The van der Waals surface area contributed by atoms with Crippen molar-refractivity contribution in [3.8, 4) is 5.69 Å². The summed E-state index contributed by atoms with van der Waals surface area (Å²) < 4.78 is 6.94. The standard InChI is InChI=1S/C13H15N3O2S/c1-2-19-8-7-18-13(17)11-3-5-12(6-4-11)16-9-14-15-10-16/h3-6,9-10H,2,7-8H2,1H3. The monoisotopic (exact) mass is 277 g/mol. The Bertz CT molecular complexity index is 511. The highest BCUT2D eigenvalue weighted by Gasteiger charge is 2.07. The number of thioether (sulfide) groups is 1. The Morgan fingerprint density at radius 2 is 1.95 bits per heavy atom. The normalized spacial score (nSPS) is 10.4. The fourth-order valence-electron chi connectivity index (χ4n) is 1.52. The predicted octanol–water partition coefficient (Wildman–Crippen LogP) is 2.18. The molecule has 1 aromatic carbocycles. The highest BCUT2D eigenvalue weighted by Crippen LogP contribution is 2.10. The van der Waals surface area contributed by atoms with Crippen LogP contribution in [0.4, 0.5) is 0 Å². The minimum absolute atomic E-state index is 0.285. The third-order valence-corrected chi connectivity index (χ3v) is 3.35. The lowest BCUT2D eigenvalue weighted by Gasteiger charge is -2.05. The van der Waals surface area contributed by atoms with Gasteiger partial charge in [0.25, 0.3) is 0 Å². The zero-order valence-corrected chi connectivity index (χ0v) is 11.5. The molecule has 1 aromatic heterocycles. The molecule has 0 atom stereocenters. The van der Waals surface area contributed by atoms with Gasteiger partial charge in [-0.25, -0.2) is 4.79 Å². The van der Waals surface area contributed by atoms with E-state index in [2.05, 4.69) is 17.1 Å². The van der Waals surface area contributed by atoms with Crippen molar-refractivity contribution in [2.24, 2.45) is 0 Å². The van der Waals surface area contributed by atoms with Gasteiger partial charge in [0, 0.05) is 11.4 Å². The van der Waals surface area contributed by atoms with E-state index < -0.39 is 0 Å². The summed E-state index contributed by atoms with van der Waals surface area (Å²) in [5, 5.41) is 7.47. The van der Waals surface area contributed by atoms with Crippen molar-refractivity contribution in [1.29, 1.82) is 0 Å². The smallest absolute Gasteiger partial charge is 0.338 e. The summed E-state index contributed by atoms with van der Waals surface area (Å²) >= 11 is 1.75. The minimum atomic E-state index is -0.285. The molecule has 0 aliphatic carbocycles. The molecule has 100 valence electrons. The molecule has 0 aliphatic heterocycles. The zero-order chi connectivity index (χ0) is 13.5. The Hall–Kier alpha value is -1.82. The van der Waals surface area contributed by atoms with Crippen LogP contribution in [0.3, 0.4) is 0 Å². The molecule has 0 N–H and O–H groups in total. The first-order valence-corrected chi connectivity index (χ1v) is 7.16. The van der Waals surface area contributed by atoms with Gasteiger partial charge in [0.2, 0.25) is 0 Å². The number of aromatic nitrogens is 3. The van der Waals surface area contributed by atoms with Gasteiger partial charge in [0.05, 0.1) is 5.56 Å².